The van der Waals surface area contributed by atoms with Crippen LogP contribution in [0.25, 0.3) is 0 Å². The van der Waals surface area contributed by atoms with Crippen molar-refractivity contribution in [2.45, 2.75) is 51.1 Å². The van der Waals surface area contributed by atoms with Gasteiger partial charge in [-0.3, -0.25) is 4.90 Å². The van der Waals surface area contributed by atoms with Crippen LogP contribution in [-0.4, -0.2) is 18.0 Å². The van der Waals surface area contributed by atoms with Crippen LogP contribution in [0.15, 0.2) is 18.2 Å². The summed E-state index contributed by atoms with van der Waals surface area (Å²) in [6.07, 6.45) is 7.84. The van der Waals surface area contributed by atoms with Crippen LogP contribution in [0.4, 0.5) is 10.1 Å². The molecule has 2 N–H and O–H groups in total. The summed E-state index contributed by atoms with van der Waals surface area (Å²) in [5.41, 5.74) is 7.50. The Balaban J connectivity index is 2.00. The SMILES string of the molecule is CN(Cc1cc(F)ccc1N)C1CCCCCC1. The molecule has 1 aliphatic carbocycles. The van der Waals surface area contributed by atoms with Crippen LogP contribution in [0.1, 0.15) is 44.1 Å². The second-order valence-corrected chi connectivity index (χ2v) is 5.40. The predicted molar refractivity (Wildman–Crippen MR) is 73.8 cm³/mol. The molecule has 1 aliphatic rings. The molecule has 0 aliphatic heterocycles. The van der Waals surface area contributed by atoms with Gasteiger partial charge in [-0.25, -0.2) is 4.39 Å². The van der Waals surface area contributed by atoms with E-state index in [1.807, 2.05) is 0 Å². The number of nitrogen functional groups attached to an aromatic ring is 1. The van der Waals surface area contributed by atoms with Crippen molar-refractivity contribution >= 4 is 5.69 Å². The van der Waals surface area contributed by atoms with Crippen molar-refractivity contribution in [2.24, 2.45) is 0 Å². The van der Waals surface area contributed by atoms with Crippen molar-refractivity contribution in [3.05, 3.63) is 29.6 Å². The van der Waals surface area contributed by atoms with E-state index in [4.69, 9.17) is 5.73 Å². The molecular weight excluding hydrogens is 227 g/mol. The van der Waals surface area contributed by atoms with Crippen LogP contribution in [0.5, 0.6) is 0 Å². The van der Waals surface area contributed by atoms with E-state index in [9.17, 15) is 4.39 Å². The zero-order valence-corrected chi connectivity index (χ0v) is 11.2. The average molecular weight is 250 g/mol. The highest BCUT2D eigenvalue weighted by atomic mass is 19.1. The van der Waals surface area contributed by atoms with Gasteiger partial charge >= 0.3 is 0 Å². The van der Waals surface area contributed by atoms with Gasteiger partial charge in [0.25, 0.3) is 0 Å². The molecule has 100 valence electrons. The summed E-state index contributed by atoms with van der Waals surface area (Å²) in [5, 5.41) is 0. The topological polar surface area (TPSA) is 29.3 Å². The van der Waals surface area contributed by atoms with Crippen molar-refractivity contribution < 1.29 is 4.39 Å². The lowest BCUT2D eigenvalue weighted by atomic mass is 10.1. The van der Waals surface area contributed by atoms with Gasteiger partial charge in [-0.1, -0.05) is 25.7 Å². The molecule has 2 rings (SSSR count). The van der Waals surface area contributed by atoms with Crippen molar-refractivity contribution in [2.75, 3.05) is 12.8 Å². The lowest BCUT2D eigenvalue weighted by molar-refractivity contribution is 0.213. The first-order valence-corrected chi connectivity index (χ1v) is 6.91. The van der Waals surface area contributed by atoms with Crippen LogP contribution in [0, 0.1) is 5.82 Å². The number of nitrogens with zero attached hydrogens (tertiary/aromatic N) is 1. The third-order valence-electron chi connectivity index (χ3n) is 3.97. The number of halogens is 1. The predicted octanol–water partition coefficient (Wildman–Crippen LogP) is 3.56. The molecule has 0 bridgehead atoms. The highest BCUT2D eigenvalue weighted by Crippen LogP contribution is 2.23. The van der Waals surface area contributed by atoms with Gasteiger partial charge in [0, 0.05) is 18.3 Å². The average Bonchev–Trinajstić information content (AvgIpc) is 2.62. The Morgan fingerprint density at radius 3 is 2.56 bits per heavy atom. The molecule has 0 spiro atoms. The van der Waals surface area contributed by atoms with E-state index < -0.39 is 0 Å². The fourth-order valence-corrected chi connectivity index (χ4v) is 2.81. The summed E-state index contributed by atoms with van der Waals surface area (Å²) in [6, 6.07) is 5.26. The first kappa shape index (κ1) is 13.3. The fourth-order valence-electron chi connectivity index (χ4n) is 2.81. The van der Waals surface area contributed by atoms with Gasteiger partial charge in [0.1, 0.15) is 5.82 Å². The number of nitrogens with two attached hydrogens (primary N) is 1. The smallest absolute Gasteiger partial charge is 0.123 e. The molecule has 1 aromatic carbocycles. The zero-order valence-electron chi connectivity index (χ0n) is 11.2. The minimum Gasteiger partial charge on any atom is -0.398 e. The van der Waals surface area contributed by atoms with E-state index in [0.29, 0.717) is 11.7 Å². The van der Waals surface area contributed by atoms with Crippen LogP contribution in [0.3, 0.4) is 0 Å². The summed E-state index contributed by atoms with van der Waals surface area (Å²) >= 11 is 0. The highest BCUT2D eigenvalue weighted by Gasteiger charge is 2.17. The Kier molecular flexibility index (Phi) is 4.59. The van der Waals surface area contributed by atoms with E-state index in [-0.39, 0.29) is 5.82 Å². The summed E-state index contributed by atoms with van der Waals surface area (Å²) in [5.74, 6) is -0.200. The Morgan fingerprint density at radius 2 is 1.89 bits per heavy atom. The van der Waals surface area contributed by atoms with E-state index in [0.717, 1.165) is 12.1 Å². The number of hydrogen-bond acceptors (Lipinski definition) is 2. The fraction of sp³-hybridized carbons (Fsp3) is 0.600. The number of anilines is 1. The molecule has 2 nitrogen and oxygen atoms in total. The van der Waals surface area contributed by atoms with E-state index in [2.05, 4.69) is 11.9 Å². The first-order chi connectivity index (χ1) is 8.66. The standard InChI is InChI=1S/C15H23FN2/c1-18(14-6-4-2-3-5-7-14)11-12-10-13(16)8-9-15(12)17/h8-10,14H,2-7,11,17H2,1H3. The summed E-state index contributed by atoms with van der Waals surface area (Å²) in [6.45, 7) is 0.744. The van der Waals surface area contributed by atoms with Crippen molar-refractivity contribution in [3.8, 4) is 0 Å². The lowest BCUT2D eigenvalue weighted by Gasteiger charge is -2.27. The molecule has 3 heteroatoms. The van der Waals surface area contributed by atoms with Gasteiger partial charge in [-0.2, -0.15) is 0 Å². The zero-order chi connectivity index (χ0) is 13.0. The molecular formula is C15H23FN2. The van der Waals surface area contributed by atoms with E-state index in [1.165, 1.54) is 44.6 Å². The number of hydrogen-bond donors (Lipinski definition) is 1. The molecule has 0 atom stereocenters. The highest BCUT2D eigenvalue weighted by molar-refractivity contribution is 5.46. The number of benzene rings is 1. The quantitative estimate of drug-likeness (QED) is 0.656. The molecule has 18 heavy (non-hydrogen) atoms. The largest absolute Gasteiger partial charge is 0.398 e. The Hall–Kier alpha value is -1.09. The Labute approximate surface area is 109 Å². The maximum atomic E-state index is 13.2. The molecule has 0 aromatic heterocycles. The van der Waals surface area contributed by atoms with Gasteiger partial charge in [-0.15, -0.1) is 0 Å². The van der Waals surface area contributed by atoms with Crippen molar-refractivity contribution in [1.29, 1.82) is 0 Å². The minimum absolute atomic E-state index is 0.200. The first-order valence-electron chi connectivity index (χ1n) is 6.91. The third kappa shape index (κ3) is 3.45. The molecule has 0 radical (unpaired) electrons. The number of rotatable bonds is 3. The lowest BCUT2D eigenvalue weighted by Crippen LogP contribution is -2.31. The van der Waals surface area contributed by atoms with Crippen LogP contribution in [0.2, 0.25) is 0 Å². The van der Waals surface area contributed by atoms with Gasteiger partial charge in [0.05, 0.1) is 0 Å². The molecule has 1 fully saturated rings. The second kappa shape index (κ2) is 6.19. The maximum Gasteiger partial charge on any atom is 0.123 e. The molecule has 0 amide bonds. The molecule has 0 unspecified atom stereocenters. The monoisotopic (exact) mass is 250 g/mol. The van der Waals surface area contributed by atoms with Gasteiger partial charge < -0.3 is 5.73 Å². The Morgan fingerprint density at radius 1 is 1.22 bits per heavy atom. The van der Waals surface area contributed by atoms with Gasteiger partial charge in [-0.05, 0) is 43.7 Å². The molecule has 1 aromatic rings. The van der Waals surface area contributed by atoms with E-state index >= 15 is 0 Å². The summed E-state index contributed by atoms with van der Waals surface area (Å²) in [4.78, 5) is 2.33. The van der Waals surface area contributed by atoms with Crippen LogP contribution < -0.4 is 5.73 Å². The molecule has 1 saturated carbocycles. The minimum atomic E-state index is -0.200. The van der Waals surface area contributed by atoms with Gasteiger partial charge in [0.15, 0.2) is 0 Å². The van der Waals surface area contributed by atoms with Crippen molar-refractivity contribution in [3.63, 3.8) is 0 Å². The van der Waals surface area contributed by atoms with Gasteiger partial charge in [0.2, 0.25) is 0 Å². The third-order valence-corrected chi connectivity index (χ3v) is 3.97. The van der Waals surface area contributed by atoms with E-state index in [1.54, 1.807) is 12.1 Å². The summed E-state index contributed by atoms with van der Waals surface area (Å²) in [7, 11) is 2.13. The normalized spacial score (nSPS) is 17.9. The summed E-state index contributed by atoms with van der Waals surface area (Å²) < 4.78 is 13.2. The van der Waals surface area contributed by atoms with Crippen LogP contribution >= 0.6 is 0 Å². The maximum absolute atomic E-state index is 13.2. The van der Waals surface area contributed by atoms with Crippen LogP contribution in [-0.2, 0) is 6.54 Å². The Bertz CT molecular complexity index is 384. The molecule has 0 heterocycles. The van der Waals surface area contributed by atoms with Crippen molar-refractivity contribution in [1.82, 2.24) is 4.90 Å². The molecule has 0 saturated heterocycles. The second-order valence-electron chi connectivity index (χ2n) is 5.40.